The summed E-state index contributed by atoms with van der Waals surface area (Å²) in [5.74, 6) is -1.05. The van der Waals surface area contributed by atoms with Gasteiger partial charge >= 0.3 is 0 Å². The number of halogens is 1. The summed E-state index contributed by atoms with van der Waals surface area (Å²) in [5.41, 5.74) is 0.633. The van der Waals surface area contributed by atoms with Gasteiger partial charge in [0.1, 0.15) is 5.75 Å². The fourth-order valence-corrected chi connectivity index (χ4v) is 3.17. The van der Waals surface area contributed by atoms with E-state index in [-0.39, 0.29) is 5.75 Å². The van der Waals surface area contributed by atoms with Gasteiger partial charge in [0.25, 0.3) is 0 Å². The van der Waals surface area contributed by atoms with Crippen LogP contribution in [0.2, 0.25) is 5.02 Å². The molecule has 0 radical (unpaired) electrons. The Morgan fingerprint density at radius 2 is 1.85 bits per heavy atom. The Morgan fingerprint density at radius 1 is 1.20 bits per heavy atom. The van der Waals surface area contributed by atoms with E-state index in [2.05, 4.69) is 12.2 Å². The standard InChI is InChI=1S/C14H20ClNO3S/c1-2-3-4-9-16-14(17)11-20(18,19)10-12-5-7-13(15)8-6-12/h5-8H,2-4,9-11H2,1H3,(H,16,17). The molecule has 1 amide bonds. The number of amides is 1. The highest BCUT2D eigenvalue weighted by Crippen LogP contribution is 2.12. The molecule has 0 aliphatic carbocycles. The number of hydrogen-bond acceptors (Lipinski definition) is 3. The number of benzene rings is 1. The van der Waals surface area contributed by atoms with Crippen molar-refractivity contribution in [3.05, 3.63) is 34.9 Å². The predicted octanol–water partition coefficient (Wildman–Crippen LogP) is 2.56. The minimum atomic E-state index is -3.44. The van der Waals surface area contributed by atoms with Crippen molar-refractivity contribution < 1.29 is 13.2 Å². The third-order valence-corrected chi connectivity index (χ3v) is 4.48. The zero-order valence-electron chi connectivity index (χ0n) is 11.6. The maximum Gasteiger partial charge on any atom is 0.235 e. The van der Waals surface area contributed by atoms with Crippen LogP contribution in [0.25, 0.3) is 0 Å². The summed E-state index contributed by atoms with van der Waals surface area (Å²) < 4.78 is 23.8. The Bertz CT molecular complexity index is 526. The van der Waals surface area contributed by atoms with Gasteiger partial charge in [0.2, 0.25) is 5.91 Å². The van der Waals surface area contributed by atoms with Gasteiger partial charge in [-0.3, -0.25) is 4.79 Å². The molecule has 0 saturated heterocycles. The average molecular weight is 318 g/mol. The van der Waals surface area contributed by atoms with Crippen molar-refractivity contribution in [2.24, 2.45) is 0 Å². The molecule has 0 bridgehead atoms. The third kappa shape index (κ3) is 6.91. The van der Waals surface area contributed by atoms with E-state index in [0.717, 1.165) is 19.3 Å². The minimum Gasteiger partial charge on any atom is -0.355 e. The minimum absolute atomic E-state index is 0.146. The molecule has 20 heavy (non-hydrogen) atoms. The average Bonchev–Trinajstić information content (AvgIpc) is 2.36. The molecule has 1 aromatic rings. The molecule has 0 unspecified atom stereocenters. The van der Waals surface area contributed by atoms with Gasteiger partial charge < -0.3 is 5.32 Å². The van der Waals surface area contributed by atoms with Crippen LogP contribution in [-0.4, -0.2) is 26.6 Å². The molecule has 0 spiro atoms. The molecule has 1 N–H and O–H groups in total. The van der Waals surface area contributed by atoms with Crippen LogP contribution in [0.15, 0.2) is 24.3 Å². The van der Waals surface area contributed by atoms with E-state index in [1.165, 1.54) is 0 Å². The summed E-state index contributed by atoms with van der Waals surface area (Å²) in [7, 11) is -3.44. The zero-order valence-corrected chi connectivity index (χ0v) is 13.1. The van der Waals surface area contributed by atoms with Crippen LogP contribution in [0.4, 0.5) is 0 Å². The van der Waals surface area contributed by atoms with E-state index >= 15 is 0 Å². The molecular weight excluding hydrogens is 298 g/mol. The Hall–Kier alpha value is -1.07. The Labute approximate surface area is 125 Å². The highest BCUT2D eigenvalue weighted by molar-refractivity contribution is 7.91. The lowest BCUT2D eigenvalue weighted by Gasteiger charge is -2.06. The van der Waals surface area contributed by atoms with E-state index < -0.39 is 21.5 Å². The van der Waals surface area contributed by atoms with Crippen molar-refractivity contribution in [3.63, 3.8) is 0 Å². The predicted molar refractivity (Wildman–Crippen MR) is 81.5 cm³/mol. The Morgan fingerprint density at radius 3 is 2.45 bits per heavy atom. The monoisotopic (exact) mass is 317 g/mol. The number of rotatable bonds is 8. The van der Waals surface area contributed by atoms with Gasteiger partial charge in [0, 0.05) is 11.6 Å². The molecule has 4 nitrogen and oxygen atoms in total. The molecule has 1 aromatic carbocycles. The van der Waals surface area contributed by atoms with Crippen molar-refractivity contribution in [3.8, 4) is 0 Å². The van der Waals surface area contributed by atoms with Crippen molar-refractivity contribution >= 4 is 27.3 Å². The molecule has 112 valence electrons. The molecule has 0 atom stereocenters. The third-order valence-electron chi connectivity index (χ3n) is 2.75. The molecule has 0 aliphatic rings. The van der Waals surface area contributed by atoms with Crippen molar-refractivity contribution in [2.45, 2.75) is 31.9 Å². The molecule has 0 heterocycles. The van der Waals surface area contributed by atoms with Gasteiger partial charge in [-0.05, 0) is 24.1 Å². The highest BCUT2D eigenvalue weighted by Gasteiger charge is 2.17. The number of sulfone groups is 1. The van der Waals surface area contributed by atoms with Gasteiger partial charge in [-0.2, -0.15) is 0 Å². The van der Waals surface area contributed by atoms with Crippen LogP contribution in [0.5, 0.6) is 0 Å². The number of nitrogens with one attached hydrogen (secondary N) is 1. The van der Waals surface area contributed by atoms with Gasteiger partial charge in [-0.1, -0.05) is 43.5 Å². The molecule has 0 saturated carbocycles. The van der Waals surface area contributed by atoms with Gasteiger partial charge in [0.15, 0.2) is 9.84 Å². The van der Waals surface area contributed by atoms with Crippen LogP contribution in [0, 0.1) is 0 Å². The number of unbranched alkanes of at least 4 members (excludes halogenated alkanes) is 2. The number of carbonyl (C=O) groups excluding carboxylic acids is 1. The molecule has 0 fully saturated rings. The first kappa shape index (κ1) is 17.0. The lowest BCUT2D eigenvalue weighted by Crippen LogP contribution is -2.31. The van der Waals surface area contributed by atoms with Gasteiger partial charge in [-0.15, -0.1) is 0 Å². The van der Waals surface area contributed by atoms with Crippen molar-refractivity contribution in [2.75, 3.05) is 12.3 Å². The topological polar surface area (TPSA) is 63.2 Å². The summed E-state index contributed by atoms with van der Waals surface area (Å²) >= 11 is 5.74. The molecule has 0 aliphatic heterocycles. The summed E-state index contributed by atoms with van der Waals surface area (Å²) in [5, 5.41) is 3.18. The van der Waals surface area contributed by atoms with Crippen LogP contribution in [0.3, 0.4) is 0 Å². The van der Waals surface area contributed by atoms with Crippen LogP contribution in [-0.2, 0) is 20.4 Å². The summed E-state index contributed by atoms with van der Waals surface area (Å²) in [4.78, 5) is 11.6. The second-order valence-electron chi connectivity index (χ2n) is 4.72. The second-order valence-corrected chi connectivity index (χ2v) is 7.22. The fraction of sp³-hybridized carbons (Fsp3) is 0.500. The largest absolute Gasteiger partial charge is 0.355 e. The highest BCUT2D eigenvalue weighted by atomic mass is 35.5. The summed E-state index contributed by atoms with van der Waals surface area (Å²) in [6.45, 7) is 2.60. The van der Waals surface area contributed by atoms with E-state index in [0.29, 0.717) is 17.1 Å². The first-order valence-corrected chi connectivity index (χ1v) is 8.84. The van der Waals surface area contributed by atoms with Crippen LogP contribution in [0.1, 0.15) is 31.7 Å². The smallest absolute Gasteiger partial charge is 0.235 e. The molecule has 6 heteroatoms. The molecule has 0 aromatic heterocycles. The first-order chi connectivity index (χ1) is 9.43. The van der Waals surface area contributed by atoms with Gasteiger partial charge in [-0.25, -0.2) is 8.42 Å². The van der Waals surface area contributed by atoms with E-state index in [1.807, 2.05) is 0 Å². The lowest BCUT2D eigenvalue weighted by molar-refractivity contribution is -0.118. The quantitative estimate of drug-likeness (QED) is 0.749. The van der Waals surface area contributed by atoms with Crippen molar-refractivity contribution in [1.82, 2.24) is 5.32 Å². The van der Waals surface area contributed by atoms with E-state index in [4.69, 9.17) is 11.6 Å². The van der Waals surface area contributed by atoms with E-state index in [9.17, 15) is 13.2 Å². The SMILES string of the molecule is CCCCCNC(=O)CS(=O)(=O)Cc1ccc(Cl)cc1. The van der Waals surface area contributed by atoms with Crippen LogP contribution >= 0.6 is 11.6 Å². The summed E-state index contributed by atoms with van der Waals surface area (Å²) in [6, 6.07) is 6.58. The van der Waals surface area contributed by atoms with Crippen LogP contribution < -0.4 is 5.32 Å². The first-order valence-electron chi connectivity index (χ1n) is 6.64. The molecular formula is C14H20ClNO3S. The lowest BCUT2D eigenvalue weighted by atomic mass is 10.2. The second kappa shape index (κ2) is 8.27. The maximum atomic E-state index is 11.9. The van der Waals surface area contributed by atoms with Gasteiger partial charge in [0.05, 0.1) is 5.75 Å². The fourth-order valence-electron chi connectivity index (χ4n) is 1.74. The number of carbonyl (C=O) groups is 1. The zero-order chi connectivity index (χ0) is 15.0. The summed E-state index contributed by atoms with van der Waals surface area (Å²) in [6.07, 6.45) is 2.96. The Kier molecular flexibility index (Phi) is 7.02. The maximum absolute atomic E-state index is 11.9. The van der Waals surface area contributed by atoms with Crippen molar-refractivity contribution in [1.29, 1.82) is 0 Å². The van der Waals surface area contributed by atoms with E-state index in [1.54, 1.807) is 24.3 Å². The molecule has 1 rings (SSSR count). The normalized spacial score (nSPS) is 11.3. The Balaban J connectivity index is 2.44. The number of hydrogen-bond donors (Lipinski definition) is 1.